The second-order valence-electron chi connectivity index (χ2n) is 4.13. The topological polar surface area (TPSA) is 101 Å². The van der Waals surface area contributed by atoms with E-state index < -0.39 is 26.7 Å². The molecule has 0 spiro atoms. The van der Waals surface area contributed by atoms with Crippen molar-refractivity contribution in [1.29, 1.82) is 0 Å². The average molecular weight is 313 g/mol. The molecule has 7 nitrogen and oxygen atoms in total. The summed E-state index contributed by atoms with van der Waals surface area (Å²) in [4.78, 5) is 13.8. The number of aromatic nitrogens is 2. The maximum Gasteiger partial charge on any atom is 0.356 e. The zero-order chi connectivity index (χ0) is 15.5. The van der Waals surface area contributed by atoms with Crippen molar-refractivity contribution in [3.05, 3.63) is 48.3 Å². The summed E-state index contributed by atoms with van der Waals surface area (Å²) in [5.41, 5.74) is -0.132. The third-order valence-corrected chi connectivity index (χ3v) is 4.13. The van der Waals surface area contributed by atoms with Gasteiger partial charge in [0.1, 0.15) is 10.7 Å². The van der Waals surface area contributed by atoms with E-state index in [9.17, 15) is 17.6 Å². The molecule has 0 unspecified atom stereocenters. The molecule has 1 heterocycles. The number of imidazole rings is 1. The maximum atomic E-state index is 13.4. The zero-order valence-corrected chi connectivity index (χ0v) is 11.5. The third kappa shape index (κ3) is 3.64. The molecule has 1 aromatic heterocycles. The Morgan fingerprint density at radius 1 is 1.38 bits per heavy atom. The van der Waals surface area contributed by atoms with Crippen molar-refractivity contribution in [2.45, 2.75) is 11.4 Å². The molecule has 0 atom stereocenters. The minimum Gasteiger partial charge on any atom is -0.476 e. The number of hydrogen-bond donors (Lipinski definition) is 2. The van der Waals surface area contributed by atoms with E-state index in [1.165, 1.54) is 29.2 Å². The molecule has 2 aromatic rings. The number of nitrogens with one attached hydrogen (secondary N) is 1. The van der Waals surface area contributed by atoms with Gasteiger partial charge in [0.2, 0.25) is 10.0 Å². The third-order valence-electron chi connectivity index (χ3n) is 2.64. The molecule has 0 aliphatic carbocycles. The molecular formula is C12H12FN3O4S. The van der Waals surface area contributed by atoms with E-state index in [1.54, 1.807) is 0 Å². The van der Waals surface area contributed by atoms with Gasteiger partial charge in [-0.1, -0.05) is 12.1 Å². The fraction of sp³-hybridized carbons (Fsp3) is 0.167. The van der Waals surface area contributed by atoms with Crippen LogP contribution in [0.2, 0.25) is 0 Å². The van der Waals surface area contributed by atoms with E-state index in [0.29, 0.717) is 0 Å². The molecule has 0 amide bonds. The first-order valence-electron chi connectivity index (χ1n) is 5.89. The van der Waals surface area contributed by atoms with Gasteiger partial charge in [-0.3, -0.25) is 0 Å². The maximum absolute atomic E-state index is 13.4. The molecule has 2 rings (SSSR count). The van der Waals surface area contributed by atoms with Gasteiger partial charge >= 0.3 is 5.97 Å². The van der Waals surface area contributed by atoms with Crippen LogP contribution in [0.25, 0.3) is 0 Å². The molecule has 0 bridgehead atoms. The van der Waals surface area contributed by atoms with Crippen LogP contribution >= 0.6 is 0 Å². The van der Waals surface area contributed by atoms with Crippen LogP contribution in [0.4, 0.5) is 4.39 Å². The van der Waals surface area contributed by atoms with Crippen LogP contribution in [0.1, 0.15) is 10.5 Å². The lowest BCUT2D eigenvalue weighted by Gasteiger charge is -2.07. The normalized spacial score (nSPS) is 11.5. The first-order valence-corrected chi connectivity index (χ1v) is 7.38. The lowest BCUT2D eigenvalue weighted by Crippen LogP contribution is -2.27. The molecule has 0 saturated heterocycles. The molecule has 0 radical (unpaired) electrons. The van der Waals surface area contributed by atoms with E-state index in [4.69, 9.17) is 5.11 Å². The van der Waals surface area contributed by atoms with E-state index >= 15 is 0 Å². The van der Waals surface area contributed by atoms with Gasteiger partial charge in [0.15, 0.2) is 5.69 Å². The van der Waals surface area contributed by atoms with E-state index in [-0.39, 0.29) is 18.8 Å². The highest BCUT2D eigenvalue weighted by Crippen LogP contribution is 2.12. The summed E-state index contributed by atoms with van der Waals surface area (Å²) in [5, 5.41) is 8.70. The number of rotatable bonds is 6. The van der Waals surface area contributed by atoms with E-state index in [2.05, 4.69) is 9.71 Å². The van der Waals surface area contributed by atoms with Crippen molar-refractivity contribution in [3.63, 3.8) is 0 Å². The van der Waals surface area contributed by atoms with Crippen LogP contribution in [0, 0.1) is 5.82 Å². The lowest BCUT2D eigenvalue weighted by molar-refractivity contribution is 0.0691. The summed E-state index contributed by atoms with van der Waals surface area (Å²) in [5.74, 6) is -2.00. The van der Waals surface area contributed by atoms with Gasteiger partial charge in [-0.05, 0) is 12.1 Å². The molecule has 1 aromatic carbocycles. The Morgan fingerprint density at radius 3 is 2.71 bits per heavy atom. The van der Waals surface area contributed by atoms with Gasteiger partial charge in [0, 0.05) is 19.3 Å². The Labute approximate surface area is 120 Å². The fourth-order valence-corrected chi connectivity index (χ4v) is 2.74. The number of halogens is 1. The van der Waals surface area contributed by atoms with Gasteiger partial charge in [0.25, 0.3) is 0 Å². The number of carboxylic acid groups (broad SMARTS) is 1. The van der Waals surface area contributed by atoms with Crippen molar-refractivity contribution in [2.24, 2.45) is 0 Å². The molecule has 21 heavy (non-hydrogen) atoms. The molecule has 0 aliphatic heterocycles. The number of sulfonamides is 1. The van der Waals surface area contributed by atoms with Gasteiger partial charge in [-0.25, -0.2) is 27.3 Å². The molecule has 0 aliphatic rings. The van der Waals surface area contributed by atoms with Crippen molar-refractivity contribution in [3.8, 4) is 0 Å². The lowest BCUT2D eigenvalue weighted by atomic mass is 10.4. The molecule has 112 valence electrons. The predicted molar refractivity (Wildman–Crippen MR) is 70.8 cm³/mol. The van der Waals surface area contributed by atoms with Gasteiger partial charge < -0.3 is 9.67 Å². The highest BCUT2D eigenvalue weighted by Gasteiger charge is 2.17. The monoisotopic (exact) mass is 313 g/mol. The van der Waals surface area contributed by atoms with Crippen molar-refractivity contribution in [1.82, 2.24) is 14.3 Å². The van der Waals surface area contributed by atoms with Crippen LogP contribution in [-0.4, -0.2) is 35.6 Å². The summed E-state index contributed by atoms with van der Waals surface area (Å²) in [7, 11) is -3.95. The number of benzene rings is 1. The van der Waals surface area contributed by atoms with Crippen LogP contribution in [0.3, 0.4) is 0 Å². The SMILES string of the molecule is O=C(O)c1cn(CCNS(=O)(=O)c2ccccc2F)cn1. The largest absolute Gasteiger partial charge is 0.476 e. The molecule has 0 fully saturated rings. The summed E-state index contributed by atoms with van der Waals surface area (Å²) in [6.07, 6.45) is 2.56. The average Bonchev–Trinajstić information content (AvgIpc) is 2.88. The quantitative estimate of drug-likeness (QED) is 0.817. The summed E-state index contributed by atoms with van der Waals surface area (Å²) < 4.78 is 40.9. The van der Waals surface area contributed by atoms with E-state index in [0.717, 1.165) is 12.1 Å². The summed E-state index contributed by atoms with van der Waals surface area (Å²) in [6.45, 7) is 0.153. The Hall–Kier alpha value is -2.26. The second kappa shape index (κ2) is 6.02. The minimum atomic E-state index is -3.95. The number of aromatic carboxylic acids is 1. The Balaban J connectivity index is 1.99. The number of carbonyl (C=O) groups is 1. The van der Waals surface area contributed by atoms with Crippen LogP contribution in [0.15, 0.2) is 41.7 Å². The van der Waals surface area contributed by atoms with Gasteiger partial charge in [0.05, 0.1) is 6.33 Å². The predicted octanol–water partition coefficient (Wildman–Crippen LogP) is 0.699. The molecule has 9 heteroatoms. The smallest absolute Gasteiger partial charge is 0.356 e. The van der Waals surface area contributed by atoms with Crippen molar-refractivity contribution < 1.29 is 22.7 Å². The molecule has 2 N–H and O–H groups in total. The van der Waals surface area contributed by atoms with Crippen molar-refractivity contribution >= 4 is 16.0 Å². The fourth-order valence-electron chi connectivity index (χ4n) is 1.64. The summed E-state index contributed by atoms with van der Waals surface area (Å²) in [6, 6.07) is 5.04. The zero-order valence-electron chi connectivity index (χ0n) is 10.7. The highest BCUT2D eigenvalue weighted by molar-refractivity contribution is 7.89. The van der Waals surface area contributed by atoms with Crippen LogP contribution in [0.5, 0.6) is 0 Å². The highest BCUT2D eigenvalue weighted by atomic mass is 32.2. The van der Waals surface area contributed by atoms with Gasteiger partial charge in [-0.2, -0.15) is 0 Å². The minimum absolute atomic E-state index is 0.0217. The Morgan fingerprint density at radius 2 is 2.10 bits per heavy atom. The number of carboxylic acids is 1. The van der Waals surface area contributed by atoms with Crippen molar-refractivity contribution in [2.75, 3.05) is 6.54 Å². The Bertz CT molecular complexity index is 757. The number of nitrogens with zero attached hydrogens (tertiary/aromatic N) is 2. The number of hydrogen-bond acceptors (Lipinski definition) is 4. The van der Waals surface area contributed by atoms with Gasteiger partial charge in [-0.15, -0.1) is 0 Å². The molecule has 0 saturated carbocycles. The first-order chi connectivity index (χ1) is 9.90. The summed E-state index contributed by atoms with van der Waals surface area (Å²) >= 11 is 0. The first kappa shape index (κ1) is 15.1. The standard InChI is InChI=1S/C12H12FN3O4S/c13-9-3-1-2-4-11(9)21(19,20)15-5-6-16-7-10(12(17)18)14-8-16/h1-4,7-8,15H,5-6H2,(H,17,18). The Kier molecular flexibility index (Phi) is 4.34. The van der Waals surface area contributed by atoms with E-state index in [1.807, 2.05) is 0 Å². The van der Waals surface area contributed by atoms with Crippen LogP contribution < -0.4 is 4.72 Å². The molecular weight excluding hydrogens is 301 g/mol. The van der Waals surface area contributed by atoms with Crippen LogP contribution in [-0.2, 0) is 16.6 Å². The second-order valence-corrected chi connectivity index (χ2v) is 5.87.